The molecule has 1 aliphatic heterocycles. The fraction of sp³-hybridized carbons (Fsp3) is 0.269. The van der Waals surface area contributed by atoms with Gasteiger partial charge >= 0.3 is 153 Å². The Hall–Kier alpha value is -1.51. The molecule has 3 aromatic carbocycles. The summed E-state index contributed by atoms with van der Waals surface area (Å²) in [7, 11) is 0. The molecule has 0 unspecified atom stereocenters. The molecule has 1 saturated heterocycles. The third-order valence-corrected chi connectivity index (χ3v) is 13.7. The molecule has 7 heteroatoms. The zero-order valence-electron chi connectivity index (χ0n) is 18.3. The van der Waals surface area contributed by atoms with Crippen LogP contribution in [0.2, 0.25) is 0 Å². The van der Waals surface area contributed by atoms with Gasteiger partial charge in [0, 0.05) is 13.1 Å². The van der Waals surface area contributed by atoms with Crippen molar-refractivity contribution in [1.82, 2.24) is 4.90 Å². The molecule has 1 aliphatic rings. The SMILES string of the molecule is Fc1cccc([CH2][Sn]([CH2]c2cccc(F)c2)[CH2]c2cccc(F)c2)c1.S=C(S)N1CCCC1. The van der Waals surface area contributed by atoms with Crippen LogP contribution in [-0.2, 0) is 13.3 Å². The number of hydrogen-bond acceptors (Lipinski definition) is 1. The molecule has 0 saturated carbocycles. The normalized spacial score (nSPS) is 13.1. The van der Waals surface area contributed by atoms with Crippen LogP contribution in [0.1, 0.15) is 29.5 Å². The first-order valence-corrected chi connectivity index (χ1v) is 17.8. The van der Waals surface area contributed by atoms with E-state index in [0.717, 1.165) is 47.4 Å². The zero-order chi connectivity index (χ0) is 23.6. The number of thiocarbonyl (C=S) groups is 1. The molecule has 3 aromatic rings. The van der Waals surface area contributed by atoms with Gasteiger partial charge in [0.2, 0.25) is 0 Å². The Labute approximate surface area is 212 Å². The molecule has 173 valence electrons. The Balaban J connectivity index is 0.000000323. The summed E-state index contributed by atoms with van der Waals surface area (Å²) in [5.74, 6) is -0.717. The summed E-state index contributed by atoms with van der Waals surface area (Å²) >= 11 is 6.76. The predicted octanol–water partition coefficient (Wildman–Crippen LogP) is 6.54. The molecule has 1 radical (unpaired) electrons. The largest absolute Gasteiger partial charge is 0.358 e. The first-order valence-electron chi connectivity index (χ1n) is 10.9. The fourth-order valence-electron chi connectivity index (χ4n) is 3.90. The predicted molar refractivity (Wildman–Crippen MR) is 138 cm³/mol. The summed E-state index contributed by atoms with van der Waals surface area (Å²) in [6.45, 7) is 2.23. The summed E-state index contributed by atoms with van der Waals surface area (Å²) in [6.07, 6.45) is 2.56. The molecule has 0 N–H and O–H groups in total. The standard InChI is InChI=1S/3C7H6F.C5H9NS2.Sn/c3*1-6-3-2-4-7(8)5-6;7-5(8)6-3-1-2-4-6;/h3*2-5H,1H2;1-4H2,(H,7,8);. The van der Waals surface area contributed by atoms with Crippen molar-refractivity contribution in [2.45, 2.75) is 26.2 Å². The molecule has 0 atom stereocenters. The minimum atomic E-state index is -2.14. The number of hydrogen-bond donors (Lipinski definition) is 1. The van der Waals surface area contributed by atoms with E-state index in [1.165, 1.54) is 31.0 Å². The second kappa shape index (κ2) is 13.4. The van der Waals surface area contributed by atoms with Gasteiger partial charge < -0.3 is 4.90 Å². The minimum absolute atomic E-state index is 0.239. The molecular formula is C26H27F3NS2Sn. The van der Waals surface area contributed by atoms with Gasteiger partial charge in [0.25, 0.3) is 0 Å². The van der Waals surface area contributed by atoms with Crippen molar-refractivity contribution in [3.8, 4) is 0 Å². The third kappa shape index (κ3) is 9.33. The van der Waals surface area contributed by atoms with Crippen molar-refractivity contribution < 1.29 is 13.2 Å². The van der Waals surface area contributed by atoms with Crippen molar-refractivity contribution in [1.29, 1.82) is 0 Å². The van der Waals surface area contributed by atoms with E-state index >= 15 is 0 Å². The van der Waals surface area contributed by atoms with E-state index in [4.69, 9.17) is 12.2 Å². The van der Waals surface area contributed by atoms with E-state index in [0.29, 0.717) is 0 Å². The maximum absolute atomic E-state index is 13.5. The minimum Gasteiger partial charge on any atom is -0.358 e. The number of rotatable bonds is 6. The van der Waals surface area contributed by atoms with Gasteiger partial charge in [0.1, 0.15) is 4.32 Å². The second-order valence-corrected chi connectivity index (χ2v) is 16.6. The summed E-state index contributed by atoms with van der Waals surface area (Å²) in [5.41, 5.74) is 2.92. The van der Waals surface area contributed by atoms with Crippen molar-refractivity contribution >= 4 is 48.9 Å². The molecule has 1 heterocycles. The number of nitrogens with zero attached hydrogens (tertiary/aromatic N) is 1. The van der Waals surface area contributed by atoms with Crippen molar-refractivity contribution in [3.05, 3.63) is 107 Å². The fourth-order valence-corrected chi connectivity index (χ4v) is 12.2. The molecule has 33 heavy (non-hydrogen) atoms. The maximum atomic E-state index is 13.5. The van der Waals surface area contributed by atoms with Crippen LogP contribution in [0, 0.1) is 17.5 Å². The van der Waals surface area contributed by atoms with Crippen LogP contribution in [0.4, 0.5) is 13.2 Å². The van der Waals surface area contributed by atoms with Crippen LogP contribution in [0.5, 0.6) is 0 Å². The van der Waals surface area contributed by atoms with Crippen molar-refractivity contribution in [3.63, 3.8) is 0 Å². The Morgan fingerprint density at radius 3 is 1.36 bits per heavy atom. The second-order valence-electron chi connectivity index (χ2n) is 8.15. The van der Waals surface area contributed by atoms with Gasteiger partial charge in [-0.1, -0.05) is 12.2 Å². The molecular weight excluding hydrogens is 566 g/mol. The van der Waals surface area contributed by atoms with Gasteiger partial charge in [0.15, 0.2) is 0 Å². The quantitative estimate of drug-likeness (QED) is 0.197. The van der Waals surface area contributed by atoms with Crippen molar-refractivity contribution in [2.24, 2.45) is 0 Å². The Kier molecular flexibility index (Phi) is 10.6. The van der Waals surface area contributed by atoms with Crippen LogP contribution in [-0.4, -0.2) is 42.1 Å². The monoisotopic (exact) mass is 594 g/mol. The van der Waals surface area contributed by atoms with Crippen LogP contribution < -0.4 is 0 Å². The van der Waals surface area contributed by atoms with E-state index in [2.05, 4.69) is 17.5 Å². The van der Waals surface area contributed by atoms with E-state index < -0.39 is 19.8 Å². The molecule has 0 bridgehead atoms. The van der Waals surface area contributed by atoms with Gasteiger partial charge in [-0.3, -0.25) is 0 Å². The Morgan fingerprint density at radius 2 is 1.09 bits per heavy atom. The topological polar surface area (TPSA) is 3.24 Å². The van der Waals surface area contributed by atoms with E-state index in [1.807, 2.05) is 18.2 Å². The molecule has 0 aliphatic carbocycles. The summed E-state index contributed by atoms with van der Waals surface area (Å²) in [6, 6.07) is 20.0. The summed E-state index contributed by atoms with van der Waals surface area (Å²) < 4.78 is 43.8. The molecule has 0 spiro atoms. The van der Waals surface area contributed by atoms with Gasteiger partial charge in [0.05, 0.1) is 0 Å². The molecule has 1 nitrogen and oxygen atoms in total. The van der Waals surface area contributed by atoms with Gasteiger partial charge in [-0.25, -0.2) is 0 Å². The third-order valence-electron chi connectivity index (χ3n) is 5.41. The summed E-state index contributed by atoms with van der Waals surface area (Å²) in [4.78, 5) is 2.12. The van der Waals surface area contributed by atoms with Crippen LogP contribution in [0.25, 0.3) is 0 Å². The number of thiol groups is 1. The molecule has 0 aromatic heterocycles. The molecule has 0 amide bonds. The first kappa shape index (κ1) is 26.1. The Morgan fingerprint density at radius 1 is 0.727 bits per heavy atom. The molecule has 4 rings (SSSR count). The van der Waals surface area contributed by atoms with Crippen LogP contribution in [0.15, 0.2) is 72.8 Å². The van der Waals surface area contributed by atoms with E-state index in [9.17, 15) is 13.2 Å². The van der Waals surface area contributed by atoms with E-state index in [-0.39, 0.29) is 17.5 Å². The summed E-state index contributed by atoms with van der Waals surface area (Å²) in [5, 5.41) is 0. The Bertz CT molecular complexity index is 944. The van der Waals surface area contributed by atoms with Crippen LogP contribution in [0.3, 0.4) is 0 Å². The molecule has 1 fully saturated rings. The maximum Gasteiger partial charge on any atom is 0.133 e. The van der Waals surface area contributed by atoms with Gasteiger partial charge in [-0.05, 0) is 12.8 Å². The zero-order valence-corrected chi connectivity index (χ0v) is 22.9. The number of likely N-dealkylation sites (tertiary alicyclic amines) is 1. The van der Waals surface area contributed by atoms with Crippen LogP contribution >= 0.6 is 24.8 Å². The number of halogens is 3. The smallest absolute Gasteiger partial charge is 0.133 e. The van der Waals surface area contributed by atoms with Crippen molar-refractivity contribution in [2.75, 3.05) is 13.1 Å². The first-order chi connectivity index (χ1) is 15.9. The van der Waals surface area contributed by atoms with Gasteiger partial charge in [-0.15, -0.1) is 12.6 Å². The average molecular weight is 593 g/mol. The average Bonchev–Trinajstić information content (AvgIpc) is 3.30. The van der Waals surface area contributed by atoms with E-state index in [1.54, 1.807) is 36.4 Å². The number of benzene rings is 3. The van der Waals surface area contributed by atoms with Gasteiger partial charge in [-0.2, -0.15) is 0 Å².